The minimum atomic E-state index is -0.939. The molecule has 3 heterocycles. The average molecular weight is 411 g/mol. The molecule has 3 aromatic rings. The molecule has 0 radical (unpaired) electrons. The molecule has 0 bridgehead atoms. The van der Waals surface area contributed by atoms with E-state index < -0.39 is 6.09 Å². The number of aromatic nitrogens is 3. The molecule has 1 fully saturated rings. The zero-order valence-electron chi connectivity index (χ0n) is 17.6. The summed E-state index contributed by atoms with van der Waals surface area (Å²) in [5, 5.41) is 14.6. The number of hydrogen-bond donors (Lipinski definition) is 1. The number of amides is 1. The van der Waals surface area contributed by atoms with Crippen molar-refractivity contribution in [2.75, 3.05) is 6.54 Å². The topological polar surface area (TPSA) is 84.4 Å². The predicted octanol–water partition coefficient (Wildman–Crippen LogP) is 5.87. The van der Waals surface area contributed by atoms with Crippen molar-refractivity contribution in [2.45, 2.75) is 70.9 Å². The maximum Gasteiger partial charge on any atom is 0.407 e. The first kappa shape index (κ1) is 20.4. The molecule has 1 saturated heterocycles. The number of benzene rings is 1. The van der Waals surface area contributed by atoms with Gasteiger partial charge in [-0.15, -0.1) is 0 Å². The zero-order valence-corrected chi connectivity index (χ0v) is 17.6. The lowest BCUT2D eigenvalue weighted by Crippen LogP contribution is -2.28. The fraction of sp³-hybridized carbons (Fsp3) is 0.522. The second-order valence-corrected chi connectivity index (χ2v) is 8.11. The van der Waals surface area contributed by atoms with Gasteiger partial charge in [-0.1, -0.05) is 56.3 Å². The summed E-state index contributed by atoms with van der Waals surface area (Å²) in [6, 6.07) is 7.90. The number of carbonyl (C=O) groups is 1. The smallest absolute Gasteiger partial charge is 0.407 e. The van der Waals surface area contributed by atoms with E-state index in [1.165, 1.54) is 48.9 Å². The Morgan fingerprint density at radius 3 is 2.87 bits per heavy atom. The van der Waals surface area contributed by atoms with E-state index in [1.54, 1.807) is 0 Å². The molecular weight excluding hydrogens is 380 g/mol. The second-order valence-electron chi connectivity index (χ2n) is 8.11. The van der Waals surface area contributed by atoms with Gasteiger partial charge >= 0.3 is 6.09 Å². The maximum absolute atomic E-state index is 11.4. The molecule has 0 saturated carbocycles. The van der Waals surface area contributed by atoms with E-state index in [9.17, 15) is 9.90 Å². The summed E-state index contributed by atoms with van der Waals surface area (Å²) in [6.07, 6.45) is 10.4. The standard InChI is InChI=1S/C23H30N4O3/c1-2-3-4-5-6-7-14-26-16-13-17-18(10-8-11-19(17)26)21-24-22(30-25-21)20-12-9-15-27(20)23(28)29/h8,10-11,13,16,20H,2-7,9,12,14-15H2,1H3,(H,28,29). The molecule has 7 heteroatoms. The number of fused-ring (bicyclic) bond motifs is 1. The van der Waals surface area contributed by atoms with Crippen LogP contribution in [0.15, 0.2) is 35.0 Å². The lowest BCUT2D eigenvalue weighted by atomic mass is 10.1. The molecule has 1 atom stereocenters. The quantitative estimate of drug-likeness (QED) is 0.446. The number of carboxylic acid groups (broad SMARTS) is 1. The minimum absolute atomic E-state index is 0.347. The highest BCUT2D eigenvalue weighted by atomic mass is 16.5. The van der Waals surface area contributed by atoms with Gasteiger partial charge in [-0.3, -0.25) is 4.90 Å². The van der Waals surface area contributed by atoms with Crippen molar-refractivity contribution in [3.63, 3.8) is 0 Å². The van der Waals surface area contributed by atoms with Crippen LogP contribution in [0.5, 0.6) is 0 Å². The van der Waals surface area contributed by atoms with E-state index in [0.29, 0.717) is 24.7 Å². The van der Waals surface area contributed by atoms with E-state index in [4.69, 9.17) is 4.52 Å². The number of unbranched alkanes of at least 4 members (excludes halogenated alkanes) is 5. The Kier molecular flexibility index (Phi) is 6.35. The Morgan fingerprint density at radius 1 is 1.20 bits per heavy atom. The highest BCUT2D eigenvalue weighted by molar-refractivity contribution is 5.93. The van der Waals surface area contributed by atoms with Crippen LogP contribution in [0, 0.1) is 0 Å². The maximum atomic E-state index is 11.4. The van der Waals surface area contributed by atoms with Crippen molar-refractivity contribution in [3.05, 3.63) is 36.4 Å². The Labute approximate surface area is 176 Å². The molecule has 2 aromatic heterocycles. The summed E-state index contributed by atoms with van der Waals surface area (Å²) in [5.74, 6) is 0.901. The van der Waals surface area contributed by atoms with Crippen LogP contribution >= 0.6 is 0 Å². The molecule has 4 rings (SSSR count). The number of hydrogen-bond acceptors (Lipinski definition) is 4. The molecule has 1 unspecified atom stereocenters. The molecule has 160 valence electrons. The monoisotopic (exact) mass is 410 g/mol. The van der Waals surface area contributed by atoms with E-state index in [0.717, 1.165) is 23.9 Å². The summed E-state index contributed by atoms with van der Waals surface area (Å²) >= 11 is 0. The first-order valence-electron chi connectivity index (χ1n) is 11.1. The van der Waals surface area contributed by atoms with Gasteiger partial charge in [0.2, 0.25) is 11.7 Å². The summed E-state index contributed by atoms with van der Waals surface area (Å²) < 4.78 is 7.77. The van der Waals surface area contributed by atoms with Gasteiger partial charge in [-0.25, -0.2) is 4.79 Å². The summed E-state index contributed by atoms with van der Waals surface area (Å²) in [4.78, 5) is 17.4. The van der Waals surface area contributed by atoms with Gasteiger partial charge < -0.3 is 14.2 Å². The van der Waals surface area contributed by atoms with Crippen LogP contribution in [0.4, 0.5) is 4.79 Å². The van der Waals surface area contributed by atoms with Gasteiger partial charge in [-0.05, 0) is 31.4 Å². The van der Waals surface area contributed by atoms with Crippen molar-refractivity contribution in [1.82, 2.24) is 19.6 Å². The Hall–Kier alpha value is -2.83. The normalized spacial score (nSPS) is 16.6. The fourth-order valence-electron chi connectivity index (χ4n) is 4.41. The van der Waals surface area contributed by atoms with E-state index in [2.05, 4.69) is 40.0 Å². The first-order valence-corrected chi connectivity index (χ1v) is 11.1. The van der Waals surface area contributed by atoms with E-state index in [-0.39, 0.29) is 6.04 Å². The molecule has 7 nitrogen and oxygen atoms in total. The third-order valence-electron chi connectivity index (χ3n) is 6.03. The van der Waals surface area contributed by atoms with Gasteiger partial charge in [0.05, 0.1) is 0 Å². The number of nitrogens with zero attached hydrogens (tertiary/aromatic N) is 4. The van der Waals surface area contributed by atoms with Crippen LogP contribution in [0.25, 0.3) is 22.3 Å². The van der Waals surface area contributed by atoms with Gasteiger partial charge in [-0.2, -0.15) is 4.98 Å². The van der Waals surface area contributed by atoms with Crippen LogP contribution in [-0.2, 0) is 6.54 Å². The molecular formula is C23H30N4O3. The molecule has 0 spiro atoms. The van der Waals surface area contributed by atoms with Gasteiger partial charge in [0.1, 0.15) is 6.04 Å². The predicted molar refractivity (Wildman–Crippen MR) is 115 cm³/mol. The Morgan fingerprint density at radius 2 is 2.03 bits per heavy atom. The van der Waals surface area contributed by atoms with Crippen LogP contribution in [0.3, 0.4) is 0 Å². The van der Waals surface area contributed by atoms with Crippen molar-refractivity contribution in [3.8, 4) is 11.4 Å². The highest BCUT2D eigenvalue weighted by Crippen LogP contribution is 2.33. The number of likely N-dealkylation sites (tertiary alicyclic amines) is 1. The van der Waals surface area contributed by atoms with Gasteiger partial charge in [0, 0.05) is 35.8 Å². The second kappa shape index (κ2) is 9.32. The SMILES string of the molecule is CCCCCCCCn1ccc2c(-c3noc(C4CCCN4C(=O)O)n3)cccc21. The zero-order chi connectivity index (χ0) is 20.9. The molecule has 1 aliphatic heterocycles. The van der Waals surface area contributed by atoms with E-state index >= 15 is 0 Å². The lowest BCUT2D eigenvalue weighted by Gasteiger charge is -2.17. The van der Waals surface area contributed by atoms with Crippen molar-refractivity contribution in [2.24, 2.45) is 0 Å². The fourth-order valence-corrected chi connectivity index (χ4v) is 4.41. The van der Waals surface area contributed by atoms with Crippen LogP contribution in [0.2, 0.25) is 0 Å². The largest absolute Gasteiger partial charge is 0.465 e. The third-order valence-corrected chi connectivity index (χ3v) is 6.03. The summed E-state index contributed by atoms with van der Waals surface area (Å²) in [6.45, 7) is 3.76. The minimum Gasteiger partial charge on any atom is -0.465 e. The molecule has 30 heavy (non-hydrogen) atoms. The lowest BCUT2D eigenvalue weighted by molar-refractivity contribution is 0.131. The summed E-state index contributed by atoms with van der Waals surface area (Å²) in [5.41, 5.74) is 2.09. The van der Waals surface area contributed by atoms with E-state index in [1.807, 2.05) is 12.1 Å². The Bertz CT molecular complexity index is 993. The molecule has 0 aliphatic carbocycles. The molecule has 1 amide bonds. The van der Waals surface area contributed by atoms with Crippen LogP contribution in [-0.4, -0.2) is 37.4 Å². The number of aryl methyl sites for hydroxylation is 1. The Balaban J connectivity index is 1.49. The molecule has 1 aromatic carbocycles. The average Bonchev–Trinajstić information content (AvgIpc) is 3.49. The van der Waals surface area contributed by atoms with Crippen molar-refractivity contribution >= 4 is 17.0 Å². The van der Waals surface area contributed by atoms with Gasteiger partial charge in [0.15, 0.2) is 0 Å². The molecule has 1 N–H and O–H groups in total. The highest BCUT2D eigenvalue weighted by Gasteiger charge is 2.34. The van der Waals surface area contributed by atoms with Crippen LogP contribution in [0.1, 0.15) is 70.2 Å². The molecule has 1 aliphatic rings. The third kappa shape index (κ3) is 4.20. The van der Waals surface area contributed by atoms with Gasteiger partial charge in [0.25, 0.3) is 0 Å². The van der Waals surface area contributed by atoms with Crippen LogP contribution < -0.4 is 0 Å². The first-order chi connectivity index (χ1) is 14.7. The number of rotatable bonds is 9. The van der Waals surface area contributed by atoms with Crippen molar-refractivity contribution in [1.29, 1.82) is 0 Å². The summed E-state index contributed by atoms with van der Waals surface area (Å²) in [7, 11) is 0. The van der Waals surface area contributed by atoms with Crippen molar-refractivity contribution < 1.29 is 14.4 Å².